The summed E-state index contributed by atoms with van der Waals surface area (Å²) in [5.41, 5.74) is 11.7. The van der Waals surface area contributed by atoms with E-state index in [9.17, 15) is 9.59 Å². The van der Waals surface area contributed by atoms with Crippen molar-refractivity contribution in [3.63, 3.8) is 0 Å². The third kappa shape index (κ3) is 3.92. The van der Waals surface area contributed by atoms with Gasteiger partial charge in [-0.25, -0.2) is 5.43 Å². The van der Waals surface area contributed by atoms with Crippen LogP contribution < -0.4 is 16.5 Å². The summed E-state index contributed by atoms with van der Waals surface area (Å²) in [7, 11) is 0. The van der Waals surface area contributed by atoms with Crippen molar-refractivity contribution >= 4 is 23.2 Å². The molecular weight excluding hydrogens is 316 g/mol. The van der Waals surface area contributed by atoms with Crippen molar-refractivity contribution in [1.82, 2.24) is 5.43 Å². The minimum absolute atomic E-state index is 0.0562. The number of anilines is 1. The first kappa shape index (κ1) is 16.9. The summed E-state index contributed by atoms with van der Waals surface area (Å²) in [5, 5.41) is 6.95. The van der Waals surface area contributed by atoms with Gasteiger partial charge in [0, 0.05) is 18.0 Å². The number of nitrogens with zero attached hydrogens (tertiary/aromatic N) is 1. The quantitative estimate of drug-likeness (QED) is 0.798. The number of hydrogen-bond donors (Lipinski definition) is 3. The topological polar surface area (TPSA) is 96.6 Å². The van der Waals surface area contributed by atoms with Crippen LogP contribution in [0.25, 0.3) is 0 Å². The molecule has 1 aliphatic heterocycles. The van der Waals surface area contributed by atoms with Crippen LogP contribution in [0.3, 0.4) is 0 Å². The van der Waals surface area contributed by atoms with Crippen molar-refractivity contribution in [3.8, 4) is 0 Å². The molecule has 3 rings (SSSR count). The average Bonchev–Trinajstić information content (AvgIpc) is 2.63. The molecule has 2 aromatic rings. The lowest BCUT2D eigenvalue weighted by Gasteiger charge is -2.19. The standard InChI is InChI=1S/C19H20N4O2/c1-12-11-16(24)22-23-18(12)14-7-9-15(10-8-14)21-19(25)17(20)13-5-3-2-4-6-13/h2-10,12,17H,11,20H2,1H3,(H,21,25)(H,22,24). The third-order valence-corrected chi connectivity index (χ3v) is 4.15. The maximum absolute atomic E-state index is 12.3. The SMILES string of the molecule is CC1CC(=O)NN=C1c1ccc(NC(=O)C(N)c2ccccc2)cc1. The molecule has 2 amide bonds. The fourth-order valence-electron chi connectivity index (χ4n) is 2.76. The van der Waals surface area contributed by atoms with Gasteiger partial charge in [0.2, 0.25) is 11.8 Å². The Kier molecular flexibility index (Phi) is 4.90. The molecule has 1 heterocycles. The highest BCUT2D eigenvalue weighted by Gasteiger charge is 2.21. The lowest BCUT2D eigenvalue weighted by atomic mass is 9.94. The first-order chi connectivity index (χ1) is 12.0. The molecule has 0 saturated heterocycles. The average molecular weight is 336 g/mol. The smallest absolute Gasteiger partial charge is 0.245 e. The maximum atomic E-state index is 12.3. The van der Waals surface area contributed by atoms with Gasteiger partial charge in [-0.15, -0.1) is 0 Å². The minimum Gasteiger partial charge on any atom is -0.324 e. The van der Waals surface area contributed by atoms with Gasteiger partial charge in [0.15, 0.2) is 0 Å². The maximum Gasteiger partial charge on any atom is 0.245 e. The Bertz CT molecular complexity index is 800. The van der Waals surface area contributed by atoms with E-state index in [4.69, 9.17) is 5.73 Å². The minimum atomic E-state index is -0.723. The molecule has 2 aromatic carbocycles. The van der Waals surface area contributed by atoms with Crippen LogP contribution in [-0.2, 0) is 9.59 Å². The van der Waals surface area contributed by atoms with Crippen LogP contribution in [-0.4, -0.2) is 17.5 Å². The molecule has 0 radical (unpaired) electrons. The van der Waals surface area contributed by atoms with E-state index in [-0.39, 0.29) is 17.7 Å². The summed E-state index contributed by atoms with van der Waals surface area (Å²) in [5.74, 6) is -0.287. The van der Waals surface area contributed by atoms with Crippen molar-refractivity contribution in [1.29, 1.82) is 0 Å². The fraction of sp³-hybridized carbons (Fsp3) is 0.211. The highest BCUT2D eigenvalue weighted by Crippen LogP contribution is 2.19. The van der Waals surface area contributed by atoms with Gasteiger partial charge in [0.25, 0.3) is 0 Å². The monoisotopic (exact) mass is 336 g/mol. The van der Waals surface area contributed by atoms with Crippen molar-refractivity contribution in [3.05, 3.63) is 65.7 Å². The Morgan fingerprint density at radius 2 is 1.88 bits per heavy atom. The van der Waals surface area contributed by atoms with Gasteiger partial charge in [0.05, 0.1) is 5.71 Å². The summed E-state index contributed by atoms with van der Waals surface area (Å²) in [6, 6.07) is 15.8. The van der Waals surface area contributed by atoms with E-state index in [0.717, 1.165) is 16.8 Å². The zero-order valence-corrected chi connectivity index (χ0v) is 13.9. The number of rotatable bonds is 4. The van der Waals surface area contributed by atoms with E-state index < -0.39 is 6.04 Å². The Balaban J connectivity index is 1.69. The number of hydrogen-bond acceptors (Lipinski definition) is 4. The Morgan fingerprint density at radius 1 is 1.20 bits per heavy atom. The van der Waals surface area contributed by atoms with Crippen molar-refractivity contribution in [2.24, 2.45) is 16.8 Å². The largest absolute Gasteiger partial charge is 0.324 e. The molecule has 6 nitrogen and oxygen atoms in total. The van der Waals surface area contributed by atoms with Crippen LogP contribution in [0.5, 0.6) is 0 Å². The lowest BCUT2D eigenvalue weighted by molar-refractivity contribution is -0.122. The lowest BCUT2D eigenvalue weighted by Crippen LogP contribution is -2.32. The number of nitrogens with one attached hydrogen (secondary N) is 2. The predicted octanol–water partition coefficient (Wildman–Crippen LogP) is 2.19. The van der Waals surface area contributed by atoms with E-state index in [1.54, 1.807) is 12.1 Å². The molecule has 0 fully saturated rings. The van der Waals surface area contributed by atoms with Gasteiger partial charge < -0.3 is 11.1 Å². The number of hydrazone groups is 1. The molecular formula is C19H20N4O2. The molecule has 6 heteroatoms. The van der Waals surface area contributed by atoms with Gasteiger partial charge in [-0.3, -0.25) is 9.59 Å². The number of carbonyl (C=O) groups excluding carboxylic acids is 2. The molecule has 0 bridgehead atoms. The normalized spacial score (nSPS) is 18.1. The molecule has 1 aliphatic rings. The summed E-state index contributed by atoms with van der Waals surface area (Å²) >= 11 is 0. The fourth-order valence-corrected chi connectivity index (χ4v) is 2.76. The van der Waals surface area contributed by atoms with Crippen LogP contribution in [0.4, 0.5) is 5.69 Å². The number of amides is 2. The molecule has 0 saturated carbocycles. The highest BCUT2D eigenvalue weighted by atomic mass is 16.2. The van der Waals surface area contributed by atoms with E-state index in [2.05, 4.69) is 15.8 Å². The van der Waals surface area contributed by atoms with Gasteiger partial charge >= 0.3 is 0 Å². The molecule has 2 atom stereocenters. The second-order valence-electron chi connectivity index (χ2n) is 6.09. The molecule has 25 heavy (non-hydrogen) atoms. The summed E-state index contributed by atoms with van der Waals surface area (Å²) in [6.45, 7) is 1.96. The number of carbonyl (C=O) groups is 2. The Labute approximate surface area is 146 Å². The van der Waals surface area contributed by atoms with Crippen LogP contribution in [0.1, 0.15) is 30.5 Å². The molecule has 0 aromatic heterocycles. The molecule has 128 valence electrons. The van der Waals surface area contributed by atoms with Crippen LogP contribution in [0, 0.1) is 5.92 Å². The summed E-state index contributed by atoms with van der Waals surface area (Å²) in [6.07, 6.45) is 0.420. The number of benzene rings is 2. The van der Waals surface area contributed by atoms with Crippen molar-refractivity contribution < 1.29 is 9.59 Å². The zero-order valence-electron chi connectivity index (χ0n) is 13.9. The van der Waals surface area contributed by atoms with Crippen molar-refractivity contribution in [2.75, 3.05) is 5.32 Å². The van der Waals surface area contributed by atoms with E-state index in [1.807, 2.05) is 49.4 Å². The summed E-state index contributed by atoms with van der Waals surface area (Å²) < 4.78 is 0. The zero-order chi connectivity index (χ0) is 17.8. The molecule has 4 N–H and O–H groups in total. The van der Waals surface area contributed by atoms with Gasteiger partial charge in [0.1, 0.15) is 6.04 Å². The summed E-state index contributed by atoms with van der Waals surface area (Å²) in [4.78, 5) is 23.6. The first-order valence-electron chi connectivity index (χ1n) is 8.13. The third-order valence-electron chi connectivity index (χ3n) is 4.15. The van der Waals surface area contributed by atoms with E-state index >= 15 is 0 Å². The first-order valence-corrected chi connectivity index (χ1v) is 8.13. The van der Waals surface area contributed by atoms with E-state index in [1.165, 1.54) is 0 Å². The number of nitrogens with two attached hydrogens (primary N) is 1. The second-order valence-corrected chi connectivity index (χ2v) is 6.09. The highest BCUT2D eigenvalue weighted by molar-refractivity contribution is 6.06. The van der Waals surface area contributed by atoms with Crippen molar-refractivity contribution in [2.45, 2.75) is 19.4 Å². The van der Waals surface area contributed by atoms with E-state index in [0.29, 0.717) is 12.1 Å². The Hall–Kier alpha value is -2.99. The van der Waals surface area contributed by atoms with Crippen LogP contribution in [0.15, 0.2) is 59.7 Å². The van der Waals surface area contributed by atoms with Crippen LogP contribution >= 0.6 is 0 Å². The Morgan fingerprint density at radius 3 is 2.52 bits per heavy atom. The van der Waals surface area contributed by atoms with Crippen LogP contribution in [0.2, 0.25) is 0 Å². The molecule has 0 aliphatic carbocycles. The molecule has 0 spiro atoms. The molecule has 2 unspecified atom stereocenters. The second kappa shape index (κ2) is 7.27. The predicted molar refractivity (Wildman–Crippen MR) is 96.9 cm³/mol. The van der Waals surface area contributed by atoms with Gasteiger partial charge in [-0.1, -0.05) is 49.4 Å². The van der Waals surface area contributed by atoms with Gasteiger partial charge in [-0.2, -0.15) is 5.10 Å². The van der Waals surface area contributed by atoms with Gasteiger partial charge in [-0.05, 0) is 23.3 Å².